The van der Waals surface area contributed by atoms with E-state index < -0.39 is 5.92 Å². The highest BCUT2D eigenvalue weighted by Gasteiger charge is 2.60. The summed E-state index contributed by atoms with van der Waals surface area (Å²) in [6.45, 7) is 1.87. The van der Waals surface area contributed by atoms with Gasteiger partial charge in [0.15, 0.2) is 0 Å². The van der Waals surface area contributed by atoms with E-state index in [-0.39, 0.29) is 35.4 Å². The number of halogens is 1. The number of hydrogen-bond acceptors (Lipinski definition) is 3. The number of nitrogens with zero attached hydrogens (tertiary/aromatic N) is 1. The Kier molecular flexibility index (Phi) is 2.95. The molecule has 0 unspecified atom stereocenters. The molecule has 4 nitrogen and oxygen atoms in total. The van der Waals surface area contributed by atoms with E-state index >= 15 is 0 Å². The van der Waals surface area contributed by atoms with Crippen LogP contribution < -0.4 is 4.90 Å². The van der Waals surface area contributed by atoms with Crippen LogP contribution in [0.25, 0.3) is 0 Å². The largest absolute Gasteiger partial charge is 0.299 e. The van der Waals surface area contributed by atoms with Gasteiger partial charge in [-0.05, 0) is 43.4 Å². The van der Waals surface area contributed by atoms with Crippen LogP contribution in [-0.4, -0.2) is 17.6 Å². The van der Waals surface area contributed by atoms with Crippen molar-refractivity contribution < 1.29 is 14.4 Å². The number of carbonyl (C=O) groups excluding carboxylic acids is 3. The highest BCUT2D eigenvalue weighted by molar-refractivity contribution is 6.32. The number of carbonyl (C=O) groups is 3. The van der Waals surface area contributed by atoms with Gasteiger partial charge in [0.2, 0.25) is 11.8 Å². The maximum atomic E-state index is 12.8. The maximum absolute atomic E-state index is 12.8. The van der Waals surface area contributed by atoms with E-state index in [0.717, 1.165) is 18.4 Å². The summed E-state index contributed by atoms with van der Waals surface area (Å²) in [6.07, 6.45) is 2.07. The smallest absolute Gasteiger partial charge is 0.238 e. The molecule has 1 aromatic rings. The number of benzene rings is 1. The SMILES string of the molecule is Cc1ccc(N2C(=O)[C@H]3[C@@H]4CC[C@@H](C(=O)C4)[C@H]3C2=O)cc1Cl. The topological polar surface area (TPSA) is 54.5 Å². The molecule has 0 aromatic heterocycles. The number of anilines is 1. The first-order valence-corrected chi connectivity index (χ1v) is 8.03. The van der Waals surface area contributed by atoms with Gasteiger partial charge in [-0.25, -0.2) is 4.90 Å². The molecule has 5 heteroatoms. The van der Waals surface area contributed by atoms with Crippen LogP contribution in [0.1, 0.15) is 24.8 Å². The number of ketones is 1. The van der Waals surface area contributed by atoms with Gasteiger partial charge in [0.05, 0.1) is 17.5 Å². The predicted octanol–water partition coefficient (Wildman–Crippen LogP) is 2.75. The molecule has 0 spiro atoms. The second kappa shape index (κ2) is 4.66. The first-order chi connectivity index (χ1) is 10.5. The number of imide groups is 1. The van der Waals surface area contributed by atoms with Crippen molar-refractivity contribution >= 4 is 34.9 Å². The van der Waals surface area contributed by atoms with Crippen molar-refractivity contribution in [3.05, 3.63) is 28.8 Å². The van der Waals surface area contributed by atoms with Crippen LogP contribution in [0.3, 0.4) is 0 Å². The van der Waals surface area contributed by atoms with Crippen molar-refractivity contribution in [2.45, 2.75) is 26.2 Å². The Morgan fingerprint density at radius 1 is 1.09 bits per heavy atom. The Balaban J connectivity index is 1.77. The summed E-state index contributed by atoms with van der Waals surface area (Å²) < 4.78 is 0. The van der Waals surface area contributed by atoms with Gasteiger partial charge < -0.3 is 0 Å². The Morgan fingerprint density at radius 3 is 2.50 bits per heavy atom. The van der Waals surface area contributed by atoms with E-state index in [0.29, 0.717) is 17.1 Å². The molecule has 4 atom stereocenters. The number of amides is 2. The number of rotatable bonds is 1. The van der Waals surface area contributed by atoms with Crippen LogP contribution in [0.4, 0.5) is 5.69 Å². The lowest BCUT2D eigenvalue weighted by molar-refractivity contribution is -0.143. The second-order valence-corrected chi connectivity index (χ2v) is 7.02. The zero-order chi connectivity index (χ0) is 15.6. The van der Waals surface area contributed by atoms with Gasteiger partial charge in [-0.2, -0.15) is 0 Å². The fourth-order valence-corrected chi connectivity index (χ4v) is 4.53. The first kappa shape index (κ1) is 13.9. The van der Waals surface area contributed by atoms with Gasteiger partial charge in [0.1, 0.15) is 5.78 Å². The molecule has 1 heterocycles. The van der Waals surface area contributed by atoms with Crippen LogP contribution in [0.15, 0.2) is 18.2 Å². The van der Waals surface area contributed by atoms with Crippen molar-refractivity contribution in [1.29, 1.82) is 0 Å². The van der Waals surface area contributed by atoms with Crippen molar-refractivity contribution in [3.63, 3.8) is 0 Å². The fraction of sp³-hybridized carbons (Fsp3) is 0.471. The summed E-state index contributed by atoms with van der Waals surface area (Å²) >= 11 is 6.13. The van der Waals surface area contributed by atoms with Crippen molar-refractivity contribution in [2.75, 3.05) is 4.90 Å². The summed E-state index contributed by atoms with van der Waals surface area (Å²) in [6, 6.07) is 5.21. The third-order valence-corrected chi connectivity index (χ3v) is 5.89. The number of hydrogen-bond donors (Lipinski definition) is 0. The van der Waals surface area contributed by atoms with Crippen molar-refractivity contribution in [3.8, 4) is 0 Å². The monoisotopic (exact) mass is 317 g/mol. The quantitative estimate of drug-likeness (QED) is 0.748. The molecule has 3 saturated carbocycles. The zero-order valence-electron chi connectivity index (χ0n) is 12.2. The van der Waals surface area contributed by atoms with E-state index in [2.05, 4.69) is 0 Å². The Morgan fingerprint density at radius 2 is 1.82 bits per heavy atom. The van der Waals surface area contributed by atoms with Gasteiger partial charge in [-0.1, -0.05) is 17.7 Å². The molecule has 0 radical (unpaired) electrons. The molecule has 5 rings (SSSR count). The minimum Gasteiger partial charge on any atom is -0.299 e. The van der Waals surface area contributed by atoms with E-state index in [9.17, 15) is 14.4 Å². The molecule has 114 valence electrons. The lowest BCUT2D eigenvalue weighted by Crippen LogP contribution is -2.46. The molecule has 4 fully saturated rings. The minimum atomic E-state index is -0.451. The lowest BCUT2D eigenvalue weighted by atomic mass is 9.59. The van der Waals surface area contributed by atoms with E-state index in [1.807, 2.05) is 6.92 Å². The maximum Gasteiger partial charge on any atom is 0.238 e. The number of fused-ring (bicyclic) bond motifs is 2. The van der Waals surface area contributed by atoms with Crippen LogP contribution >= 0.6 is 11.6 Å². The second-order valence-electron chi connectivity index (χ2n) is 6.61. The van der Waals surface area contributed by atoms with Gasteiger partial charge >= 0.3 is 0 Å². The molecular formula is C17H16ClNO3. The Bertz CT molecular complexity index is 714. The third kappa shape index (κ3) is 1.73. The first-order valence-electron chi connectivity index (χ1n) is 7.65. The molecule has 3 aliphatic carbocycles. The summed E-state index contributed by atoms with van der Waals surface area (Å²) in [4.78, 5) is 38.9. The van der Waals surface area contributed by atoms with Gasteiger partial charge in [-0.15, -0.1) is 0 Å². The Hall–Kier alpha value is -1.68. The molecule has 22 heavy (non-hydrogen) atoms. The molecule has 1 aromatic carbocycles. The molecule has 2 amide bonds. The standard InChI is InChI=1S/C17H16ClNO3/c1-8-2-4-10(7-12(8)18)19-16(21)14-9-3-5-11(13(20)6-9)15(14)17(19)22/h2,4,7,9,11,14-15H,3,5-6H2,1H3/t9-,11+,14+,15-/m1/s1. The van der Waals surface area contributed by atoms with E-state index in [1.54, 1.807) is 18.2 Å². The predicted molar refractivity (Wildman–Crippen MR) is 81.5 cm³/mol. The minimum absolute atomic E-state index is 0.0323. The number of aryl methyl sites for hydroxylation is 1. The summed E-state index contributed by atoms with van der Waals surface area (Å²) in [7, 11) is 0. The van der Waals surface area contributed by atoms with E-state index in [4.69, 9.17) is 11.6 Å². The third-order valence-electron chi connectivity index (χ3n) is 5.48. The van der Waals surface area contributed by atoms with E-state index in [1.165, 1.54) is 4.90 Å². The summed E-state index contributed by atoms with van der Waals surface area (Å²) in [5, 5.41) is 0.534. The molecule has 1 saturated heterocycles. The average molecular weight is 318 g/mol. The van der Waals surface area contributed by atoms with Crippen LogP contribution in [0.2, 0.25) is 5.02 Å². The average Bonchev–Trinajstić information content (AvgIpc) is 2.76. The van der Waals surface area contributed by atoms with Gasteiger partial charge in [0.25, 0.3) is 0 Å². The summed E-state index contributed by atoms with van der Waals surface area (Å²) in [5.74, 6) is -1.23. The molecule has 2 bridgehead atoms. The van der Waals surface area contributed by atoms with Crippen LogP contribution in [0.5, 0.6) is 0 Å². The van der Waals surface area contributed by atoms with Gasteiger partial charge in [0, 0.05) is 17.4 Å². The fourth-order valence-electron chi connectivity index (χ4n) is 4.36. The van der Waals surface area contributed by atoms with Crippen LogP contribution in [-0.2, 0) is 14.4 Å². The molecule has 1 aliphatic heterocycles. The molecule has 0 N–H and O–H groups in total. The highest BCUT2D eigenvalue weighted by atomic mass is 35.5. The molecule has 4 aliphatic rings. The normalized spacial score (nSPS) is 33.5. The highest BCUT2D eigenvalue weighted by Crippen LogP contribution is 2.52. The van der Waals surface area contributed by atoms with Crippen LogP contribution in [0, 0.1) is 30.6 Å². The van der Waals surface area contributed by atoms with Crippen molar-refractivity contribution in [2.24, 2.45) is 23.7 Å². The van der Waals surface area contributed by atoms with Gasteiger partial charge in [-0.3, -0.25) is 14.4 Å². The van der Waals surface area contributed by atoms with Crippen molar-refractivity contribution in [1.82, 2.24) is 0 Å². The molecular weight excluding hydrogens is 302 g/mol. The lowest BCUT2D eigenvalue weighted by Gasteiger charge is -2.41. The zero-order valence-corrected chi connectivity index (χ0v) is 13.0. The summed E-state index contributed by atoms with van der Waals surface area (Å²) in [5.41, 5.74) is 1.42. The number of Topliss-reactive ketones (excluding diaryl/α,β-unsaturated/α-hetero) is 1. The Labute approximate surface area is 133 Å².